The lowest BCUT2D eigenvalue weighted by molar-refractivity contribution is 0.0705. The molecule has 5 rings (SSSR count). The second-order valence-corrected chi connectivity index (χ2v) is 8.54. The molecule has 3 aromatic carbocycles. The zero-order chi connectivity index (χ0) is 20.7. The Kier molecular flexibility index (Phi) is 4.78. The van der Waals surface area contributed by atoms with Crippen molar-refractivity contribution in [3.05, 3.63) is 78.1 Å². The smallest absolute Gasteiger partial charge is 0.254 e. The van der Waals surface area contributed by atoms with E-state index >= 15 is 0 Å². The highest BCUT2D eigenvalue weighted by Crippen LogP contribution is 2.32. The van der Waals surface area contributed by atoms with Crippen LogP contribution in [0.2, 0.25) is 0 Å². The lowest BCUT2D eigenvalue weighted by Gasteiger charge is -2.33. The van der Waals surface area contributed by atoms with E-state index in [1.54, 1.807) is 0 Å². The molecule has 4 nitrogen and oxygen atoms in total. The highest BCUT2D eigenvalue weighted by Gasteiger charge is 2.30. The molecule has 1 fully saturated rings. The molecular weight excluding hydrogens is 370 g/mol. The van der Waals surface area contributed by atoms with Crippen molar-refractivity contribution in [2.75, 3.05) is 13.1 Å². The van der Waals surface area contributed by atoms with Gasteiger partial charge in [0.2, 0.25) is 0 Å². The van der Waals surface area contributed by atoms with Crippen LogP contribution in [0.4, 0.5) is 0 Å². The Balaban J connectivity index is 1.49. The fraction of sp³-hybridized carbons (Fsp3) is 0.308. The topological polar surface area (TPSA) is 38.1 Å². The molecule has 1 aliphatic rings. The molecule has 30 heavy (non-hydrogen) atoms. The van der Waals surface area contributed by atoms with Crippen molar-refractivity contribution in [3.63, 3.8) is 0 Å². The number of carbonyl (C=O) groups is 1. The van der Waals surface area contributed by atoms with Gasteiger partial charge in [-0.15, -0.1) is 0 Å². The van der Waals surface area contributed by atoms with Crippen molar-refractivity contribution in [2.45, 2.75) is 38.6 Å². The average Bonchev–Trinajstić information content (AvgIpc) is 3.18. The third-order valence-corrected chi connectivity index (χ3v) is 6.23. The number of benzene rings is 3. The Bertz CT molecular complexity index is 1220. The molecule has 0 radical (unpaired) electrons. The van der Waals surface area contributed by atoms with Crippen LogP contribution in [-0.4, -0.2) is 33.4 Å². The molecule has 4 heteroatoms. The number of hydrogen-bond donors (Lipinski definition) is 0. The maximum absolute atomic E-state index is 13.5. The number of hydrogen-bond acceptors (Lipinski definition) is 2. The number of imidazole rings is 1. The molecule has 1 amide bonds. The van der Waals surface area contributed by atoms with Gasteiger partial charge in [0.25, 0.3) is 5.91 Å². The van der Waals surface area contributed by atoms with E-state index in [4.69, 9.17) is 4.98 Å². The first-order chi connectivity index (χ1) is 14.6. The summed E-state index contributed by atoms with van der Waals surface area (Å²) in [6.07, 6.45) is 2.07. The van der Waals surface area contributed by atoms with Crippen molar-refractivity contribution in [1.82, 2.24) is 14.5 Å². The Labute approximate surface area is 177 Å². The predicted octanol–water partition coefficient (Wildman–Crippen LogP) is 5.79. The van der Waals surface area contributed by atoms with E-state index in [1.165, 1.54) is 5.52 Å². The lowest BCUT2D eigenvalue weighted by Crippen LogP contribution is -2.40. The van der Waals surface area contributed by atoms with Crippen LogP contribution in [0.15, 0.2) is 66.7 Å². The normalized spacial score (nSPS) is 17.2. The minimum Gasteiger partial charge on any atom is -0.338 e. The van der Waals surface area contributed by atoms with Gasteiger partial charge in [0.15, 0.2) is 0 Å². The van der Waals surface area contributed by atoms with Crippen LogP contribution in [0.3, 0.4) is 0 Å². The number of nitrogens with zero attached hydrogens (tertiary/aromatic N) is 3. The first-order valence-electron chi connectivity index (χ1n) is 10.9. The molecule has 2 heterocycles. The number of fused-ring (bicyclic) bond motifs is 2. The standard InChI is InChI=1S/C26H27N3O/c1-18(2)29-24-15-6-5-14-23(24)27-25(29)20-11-8-16-28(17-20)26(30)22-13-7-10-19-9-3-4-12-21(19)22/h3-7,9-10,12-15,18,20H,8,11,16-17H2,1-2H3. The summed E-state index contributed by atoms with van der Waals surface area (Å²) < 4.78 is 2.35. The van der Waals surface area contributed by atoms with Gasteiger partial charge >= 0.3 is 0 Å². The van der Waals surface area contributed by atoms with Crippen LogP contribution in [0.1, 0.15) is 54.8 Å². The molecule has 1 aliphatic heterocycles. The van der Waals surface area contributed by atoms with Crippen LogP contribution in [-0.2, 0) is 0 Å². The van der Waals surface area contributed by atoms with Crippen LogP contribution in [0.5, 0.6) is 0 Å². The summed E-state index contributed by atoms with van der Waals surface area (Å²) in [7, 11) is 0. The zero-order valence-electron chi connectivity index (χ0n) is 17.6. The molecule has 4 aromatic rings. The van der Waals surface area contributed by atoms with E-state index in [-0.39, 0.29) is 11.8 Å². The second kappa shape index (κ2) is 7.60. The van der Waals surface area contributed by atoms with E-state index in [2.05, 4.69) is 48.7 Å². The number of piperidine rings is 1. The van der Waals surface area contributed by atoms with Gasteiger partial charge in [-0.2, -0.15) is 0 Å². The van der Waals surface area contributed by atoms with Crippen LogP contribution < -0.4 is 0 Å². The number of carbonyl (C=O) groups excluding carboxylic acids is 1. The Morgan fingerprint density at radius 3 is 2.63 bits per heavy atom. The van der Waals surface area contributed by atoms with E-state index in [0.29, 0.717) is 6.04 Å². The molecule has 0 aliphatic carbocycles. The van der Waals surface area contributed by atoms with Gasteiger partial charge < -0.3 is 9.47 Å². The van der Waals surface area contributed by atoms with E-state index in [9.17, 15) is 4.79 Å². The summed E-state index contributed by atoms with van der Waals surface area (Å²) in [6.45, 7) is 5.94. The van der Waals surface area contributed by atoms with Gasteiger partial charge in [0.1, 0.15) is 5.82 Å². The number of rotatable bonds is 3. The Morgan fingerprint density at radius 1 is 1.00 bits per heavy atom. The van der Waals surface area contributed by atoms with Gasteiger partial charge in [-0.05, 0) is 55.7 Å². The molecular formula is C26H27N3O. The molecule has 0 N–H and O–H groups in total. The van der Waals surface area contributed by atoms with Gasteiger partial charge in [-0.1, -0.05) is 48.5 Å². The van der Waals surface area contributed by atoms with E-state index in [0.717, 1.165) is 53.6 Å². The van der Waals surface area contributed by atoms with Crippen molar-refractivity contribution >= 4 is 27.7 Å². The van der Waals surface area contributed by atoms with Gasteiger partial charge in [0.05, 0.1) is 11.0 Å². The third-order valence-electron chi connectivity index (χ3n) is 6.23. The summed E-state index contributed by atoms with van der Waals surface area (Å²) in [5.41, 5.74) is 3.02. The maximum atomic E-state index is 13.5. The zero-order valence-corrected chi connectivity index (χ0v) is 17.6. The first kappa shape index (κ1) is 18.9. The van der Waals surface area contributed by atoms with Crippen molar-refractivity contribution in [3.8, 4) is 0 Å². The molecule has 152 valence electrons. The average molecular weight is 398 g/mol. The fourth-order valence-corrected chi connectivity index (χ4v) is 4.85. The number of para-hydroxylation sites is 2. The SMILES string of the molecule is CC(C)n1c(C2CCCN(C(=O)c3cccc4ccccc34)C2)nc2ccccc21. The summed E-state index contributed by atoms with van der Waals surface area (Å²) in [4.78, 5) is 20.5. The molecule has 0 spiro atoms. The highest BCUT2D eigenvalue weighted by molar-refractivity contribution is 6.07. The second-order valence-electron chi connectivity index (χ2n) is 8.54. The maximum Gasteiger partial charge on any atom is 0.254 e. The first-order valence-corrected chi connectivity index (χ1v) is 10.9. The van der Waals surface area contributed by atoms with Crippen molar-refractivity contribution in [2.24, 2.45) is 0 Å². The molecule has 1 saturated heterocycles. The third kappa shape index (κ3) is 3.17. The van der Waals surface area contributed by atoms with E-state index < -0.39 is 0 Å². The Morgan fingerprint density at radius 2 is 1.77 bits per heavy atom. The Hall–Kier alpha value is -3.14. The highest BCUT2D eigenvalue weighted by atomic mass is 16.2. The molecule has 0 bridgehead atoms. The minimum atomic E-state index is 0.128. The quantitative estimate of drug-likeness (QED) is 0.439. The van der Waals surface area contributed by atoms with Gasteiger partial charge in [0, 0.05) is 30.6 Å². The van der Waals surface area contributed by atoms with Crippen LogP contribution in [0.25, 0.3) is 21.8 Å². The molecule has 1 aromatic heterocycles. The summed E-state index contributed by atoms with van der Waals surface area (Å²) in [5.74, 6) is 1.50. The monoisotopic (exact) mass is 397 g/mol. The van der Waals surface area contributed by atoms with Gasteiger partial charge in [-0.3, -0.25) is 4.79 Å². The largest absolute Gasteiger partial charge is 0.338 e. The van der Waals surface area contributed by atoms with Crippen LogP contribution >= 0.6 is 0 Å². The van der Waals surface area contributed by atoms with Crippen LogP contribution in [0, 0.1) is 0 Å². The minimum absolute atomic E-state index is 0.128. The summed E-state index contributed by atoms with van der Waals surface area (Å²) in [5, 5.41) is 2.14. The van der Waals surface area contributed by atoms with Gasteiger partial charge in [-0.25, -0.2) is 4.98 Å². The number of amides is 1. The summed E-state index contributed by atoms with van der Waals surface area (Å²) >= 11 is 0. The summed E-state index contributed by atoms with van der Waals surface area (Å²) in [6, 6.07) is 22.8. The number of likely N-dealkylation sites (tertiary alicyclic amines) is 1. The molecule has 1 atom stereocenters. The van der Waals surface area contributed by atoms with Crippen molar-refractivity contribution < 1.29 is 4.79 Å². The molecule has 1 unspecified atom stereocenters. The predicted molar refractivity (Wildman–Crippen MR) is 122 cm³/mol. The van der Waals surface area contributed by atoms with E-state index in [1.807, 2.05) is 41.3 Å². The fourth-order valence-electron chi connectivity index (χ4n) is 4.85. The number of aromatic nitrogens is 2. The molecule has 0 saturated carbocycles. The van der Waals surface area contributed by atoms with Crippen molar-refractivity contribution in [1.29, 1.82) is 0 Å². The lowest BCUT2D eigenvalue weighted by atomic mass is 9.95.